The van der Waals surface area contributed by atoms with E-state index < -0.39 is 6.10 Å². The van der Waals surface area contributed by atoms with Crippen molar-refractivity contribution in [3.05, 3.63) is 27.8 Å². The highest BCUT2D eigenvalue weighted by Gasteiger charge is 2.21. The Balaban J connectivity index is 1.67. The van der Waals surface area contributed by atoms with Crippen LogP contribution >= 0.6 is 22.6 Å². The number of aliphatic hydroxyl groups excluding tert-OH is 1. The standard InChI is InChI=1S/C12H16INO2/c13-9-1-5-12(6-2-9)16-8-11(15)7-14-10-3-4-10/h1-2,5-6,10-11,14-15H,3-4,7-8H2. The minimum absolute atomic E-state index is 0.348. The molecule has 1 atom stereocenters. The lowest BCUT2D eigenvalue weighted by Gasteiger charge is -2.12. The zero-order valence-electron chi connectivity index (χ0n) is 9.03. The van der Waals surface area contributed by atoms with Gasteiger partial charge in [-0.25, -0.2) is 0 Å². The van der Waals surface area contributed by atoms with Crippen molar-refractivity contribution in [3.8, 4) is 5.75 Å². The molecule has 0 amide bonds. The largest absolute Gasteiger partial charge is 0.491 e. The van der Waals surface area contributed by atoms with Crippen molar-refractivity contribution in [1.29, 1.82) is 0 Å². The first-order chi connectivity index (χ1) is 7.74. The lowest BCUT2D eigenvalue weighted by molar-refractivity contribution is 0.106. The molecule has 0 spiro atoms. The molecule has 0 aromatic heterocycles. The second-order valence-corrected chi connectivity index (χ2v) is 5.35. The Morgan fingerprint density at radius 1 is 1.38 bits per heavy atom. The number of hydrogen-bond acceptors (Lipinski definition) is 3. The van der Waals surface area contributed by atoms with E-state index in [9.17, 15) is 5.11 Å². The van der Waals surface area contributed by atoms with Crippen molar-refractivity contribution in [1.82, 2.24) is 5.32 Å². The van der Waals surface area contributed by atoms with Crippen molar-refractivity contribution in [3.63, 3.8) is 0 Å². The third-order valence-corrected chi connectivity index (χ3v) is 3.19. The van der Waals surface area contributed by atoms with E-state index in [2.05, 4.69) is 27.9 Å². The molecule has 1 unspecified atom stereocenters. The van der Waals surface area contributed by atoms with Gasteiger partial charge in [-0.1, -0.05) is 0 Å². The molecule has 1 saturated carbocycles. The van der Waals surface area contributed by atoms with E-state index in [-0.39, 0.29) is 0 Å². The summed E-state index contributed by atoms with van der Waals surface area (Å²) in [4.78, 5) is 0. The van der Waals surface area contributed by atoms with Crippen LogP contribution in [0.5, 0.6) is 5.75 Å². The van der Waals surface area contributed by atoms with Crippen LogP contribution < -0.4 is 10.1 Å². The van der Waals surface area contributed by atoms with Gasteiger partial charge < -0.3 is 15.2 Å². The van der Waals surface area contributed by atoms with Gasteiger partial charge in [0, 0.05) is 16.2 Å². The van der Waals surface area contributed by atoms with Crippen LogP contribution in [0.25, 0.3) is 0 Å². The maximum atomic E-state index is 9.65. The summed E-state index contributed by atoms with van der Waals surface area (Å²) in [6.07, 6.45) is 2.05. The van der Waals surface area contributed by atoms with Gasteiger partial charge in [-0.15, -0.1) is 0 Å². The fourth-order valence-electron chi connectivity index (χ4n) is 1.37. The van der Waals surface area contributed by atoms with E-state index in [4.69, 9.17) is 4.74 Å². The van der Waals surface area contributed by atoms with Gasteiger partial charge in [0.05, 0.1) is 0 Å². The smallest absolute Gasteiger partial charge is 0.119 e. The van der Waals surface area contributed by atoms with Crippen LogP contribution in [0.1, 0.15) is 12.8 Å². The minimum Gasteiger partial charge on any atom is -0.491 e. The van der Waals surface area contributed by atoms with Gasteiger partial charge in [0.25, 0.3) is 0 Å². The Hall–Kier alpha value is -0.330. The molecule has 16 heavy (non-hydrogen) atoms. The first kappa shape index (κ1) is 12.1. The van der Waals surface area contributed by atoms with E-state index in [1.165, 1.54) is 16.4 Å². The number of hydrogen-bond donors (Lipinski definition) is 2. The lowest BCUT2D eigenvalue weighted by atomic mass is 10.3. The van der Waals surface area contributed by atoms with Gasteiger partial charge in [-0.05, 0) is 59.7 Å². The SMILES string of the molecule is OC(CNC1CC1)COc1ccc(I)cc1. The third-order valence-electron chi connectivity index (χ3n) is 2.48. The van der Waals surface area contributed by atoms with Gasteiger partial charge in [0.2, 0.25) is 0 Å². The first-order valence-corrected chi connectivity index (χ1v) is 6.62. The normalized spacial score (nSPS) is 17.1. The van der Waals surface area contributed by atoms with Gasteiger partial charge in [0.15, 0.2) is 0 Å². The molecular formula is C12H16INO2. The molecule has 0 bridgehead atoms. The summed E-state index contributed by atoms with van der Waals surface area (Å²) >= 11 is 2.25. The number of halogens is 1. The lowest BCUT2D eigenvalue weighted by Crippen LogP contribution is -2.32. The van der Waals surface area contributed by atoms with E-state index in [1.54, 1.807) is 0 Å². The van der Waals surface area contributed by atoms with Gasteiger partial charge >= 0.3 is 0 Å². The van der Waals surface area contributed by atoms with Crippen molar-refractivity contribution in [2.75, 3.05) is 13.2 Å². The maximum Gasteiger partial charge on any atom is 0.119 e. The molecule has 1 aromatic rings. The van der Waals surface area contributed by atoms with E-state index in [0.717, 1.165) is 5.75 Å². The van der Waals surface area contributed by atoms with E-state index in [0.29, 0.717) is 19.2 Å². The average Bonchev–Trinajstić information content (AvgIpc) is 3.09. The van der Waals surface area contributed by atoms with Crippen molar-refractivity contribution in [2.24, 2.45) is 0 Å². The van der Waals surface area contributed by atoms with Crippen LogP contribution in [0.2, 0.25) is 0 Å². The Morgan fingerprint density at radius 2 is 2.06 bits per heavy atom. The number of rotatable bonds is 6. The van der Waals surface area contributed by atoms with Crippen molar-refractivity contribution >= 4 is 22.6 Å². The van der Waals surface area contributed by atoms with Crippen molar-refractivity contribution in [2.45, 2.75) is 25.0 Å². The number of nitrogens with one attached hydrogen (secondary N) is 1. The predicted octanol–water partition coefficient (Wildman–Crippen LogP) is 1.78. The fraction of sp³-hybridized carbons (Fsp3) is 0.500. The summed E-state index contributed by atoms with van der Waals surface area (Å²) in [5.41, 5.74) is 0. The molecule has 0 heterocycles. The van der Waals surface area contributed by atoms with Gasteiger partial charge in [-0.3, -0.25) is 0 Å². The summed E-state index contributed by atoms with van der Waals surface area (Å²) in [6, 6.07) is 8.45. The highest BCUT2D eigenvalue weighted by Crippen LogP contribution is 2.18. The highest BCUT2D eigenvalue weighted by atomic mass is 127. The van der Waals surface area contributed by atoms with Crippen LogP contribution in [-0.2, 0) is 0 Å². The Labute approximate surface area is 109 Å². The molecule has 88 valence electrons. The molecule has 1 aliphatic rings. The maximum absolute atomic E-state index is 9.65. The molecule has 1 aliphatic carbocycles. The summed E-state index contributed by atoms with van der Waals surface area (Å²) in [5.74, 6) is 0.811. The van der Waals surface area contributed by atoms with Crippen LogP contribution in [0.15, 0.2) is 24.3 Å². The molecule has 2 rings (SSSR count). The molecular weight excluding hydrogens is 317 g/mol. The zero-order chi connectivity index (χ0) is 11.4. The van der Waals surface area contributed by atoms with Gasteiger partial charge in [0.1, 0.15) is 18.5 Å². The Kier molecular flexibility index (Phi) is 4.43. The zero-order valence-corrected chi connectivity index (χ0v) is 11.2. The molecule has 1 fully saturated rings. The highest BCUT2D eigenvalue weighted by molar-refractivity contribution is 14.1. The predicted molar refractivity (Wildman–Crippen MR) is 71.7 cm³/mol. The molecule has 4 heteroatoms. The summed E-state index contributed by atoms with van der Waals surface area (Å²) in [5, 5.41) is 12.9. The van der Waals surface area contributed by atoms with Crippen LogP contribution in [0, 0.1) is 3.57 Å². The first-order valence-electron chi connectivity index (χ1n) is 5.54. The third kappa shape index (κ3) is 4.27. The average molecular weight is 333 g/mol. The number of benzene rings is 1. The fourth-order valence-corrected chi connectivity index (χ4v) is 1.73. The van der Waals surface area contributed by atoms with E-state index in [1.807, 2.05) is 24.3 Å². The van der Waals surface area contributed by atoms with Crippen LogP contribution in [0.4, 0.5) is 0 Å². The van der Waals surface area contributed by atoms with Crippen molar-refractivity contribution < 1.29 is 9.84 Å². The molecule has 3 nitrogen and oxygen atoms in total. The second-order valence-electron chi connectivity index (χ2n) is 4.10. The summed E-state index contributed by atoms with van der Waals surface area (Å²) in [7, 11) is 0. The monoisotopic (exact) mass is 333 g/mol. The van der Waals surface area contributed by atoms with Crippen LogP contribution in [0.3, 0.4) is 0 Å². The number of ether oxygens (including phenoxy) is 1. The Bertz CT molecular complexity index is 324. The van der Waals surface area contributed by atoms with E-state index >= 15 is 0 Å². The molecule has 0 saturated heterocycles. The molecule has 0 aliphatic heterocycles. The number of aliphatic hydroxyl groups is 1. The van der Waals surface area contributed by atoms with Crippen LogP contribution in [-0.4, -0.2) is 30.4 Å². The topological polar surface area (TPSA) is 41.5 Å². The molecule has 2 N–H and O–H groups in total. The summed E-state index contributed by atoms with van der Waals surface area (Å²) in [6.45, 7) is 0.968. The van der Waals surface area contributed by atoms with Gasteiger partial charge in [-0.2, -0.15) is 0 Å². The quantitative estimate of drug-likeness (QED) is 0.780. The molecule has 0 radical (unpaired) electrons. The Morgan fingerprint density at radius 3 is 2.69 bits per heavy atom. The summed E-state index contributed by atoms with van der Waals surface area (Å²) < 4.78 is 6.66. The minimum atomic E-state index is -0.431. The molecule has 1 aromatic carbocycles. The second kappa shape index (κ2) is 5.84.